The molecule has 0 aromatic heterocycles. The van der Waals surface area contributed by atoms with E-state index in [-0.39, 0.29) is 10.9 Å². The van der Waals surface area contributed by atoms with Gasteiger partial charge in [-0.1, -0.05) is 18.2 Å². The van der Waals surface area contributed by atoms with E-state index in [1.54, 1.807) is 7.11 Å². The first-order valence-corrected chi connectivity index (χ1v) is 10.9. The largest absolute Gasteiger partial charge is 0.497 e. The first-order valence-electron chi connectivity index (χ1n) is 9.46. The summed E-state index contributed by atoms with van der Waals surface area (Å²) >= 11 is 0. The van der Waals surface area contributed by atoms with E-state index in [9.17, 15) is 18.0 Å². The van der Waals surface area contributed by atoms with Gasteiger partial charge < -0.3 is 15.4 Å². The number of carbonyl (C=O) groups is 2. The van der Waals surface area contributed by atoms with Crippen molar-refractivity contribution in [3.8, 4) is 5.75 Å². The Morgan fingerprint density at radius 1 is 0.935 bits per heavy atom. The number of rotatable bonds is 6. The van der Waals surface area contributed by atoms with Gasteiger partial charge in [-0.25, -0.2) is 17.9 Å². The highest BCUT2D eigenvalue weighted by atomic mass is 32.2. The van der Waals surface area contributed by atoms with Crippen LogP contribution in [0.25, 0.3) is 10.8 Å². The van der Waals surface area contributed by atoms with Crippen LogP contribution in [0, 0.1) is 0 Å². The van der Waals surface area contributed by atoms with Crippen molar-refractivity contribution in [1.29, 1.82) is 0 Å². The summed E-state index contributed by atoms with van der Waals surface area (Å²) in [5.74, 6) is 0.102. The SMILES string of the molecule is COc1ccc2cc(C(C)NC(=O)Nc3ccc(S(=O)(=O)NC(C)=O)cc3)ccc2c1. The highest BCUT2D eigenvalue weighted by Crippen LogP contribution is 2.24. The second-order valence-corrected chi connectivity index (χ2v) is 8.66. The van der Waals surface area contributed by atoms with E-state index in [0.29, 0.717) is 5.69 Å². The Balaban J connectivity index is 1.65. The Labute approximate surface area is 180 Å². The molecule has 3 aromatic carbocycles. The Morgan fingerprint density at radius 3 is 2.23 bits per heavy atom. The zero-order valence-corrected chi connectivity index (χ0v) is 18.1. The van der Waals surface area contributed by atoms with Crippen LogP contribution in [-0.4, -0.2) is 27.5 Å². The minimum Gasteiger partial charge on any atom is -0.497 e. The maximum atomic E-state index is 12.4. The maximum absolute atomic E-state index is 12.4. The van der Waals surface area contributed by atoms with Crippen molar-refractivity contribution in [2.75, 3.05) is 12.4 Å². The van der Waals surface area contributed by atoms with Gasteiger partial charge in [0.15, 0.2) is 0 Å². The summed E-state index contributed by atoms with van der Waals surface area (Å²) in [5.41, 5.74) is 1.35. The number of hydrogen-bond donors (Lipinski definition) is 3. The molecule has 0 aliphatic carbocycles. The zero-order valence-electron chi connectivity index (χ0n) is 17.3. The molecule has 3 aromatic rings. The molecule has 31 heavy (non-hydrogen) atoms. The minimum absolute atomic E-state index is 0.0742. The minimum atomic E-state index is -3.92. The van der Waals surface area contributed by atoms with Gasteiger partial charge in [-0.3, -0.25) is 4.79 Å². The molecule has 0 spiro atoms. The van der Waals surface area contributed by atoms with Crippen LogP contribution in [0.15, 0.2) is 65.6 Å². The average molecular weight is 442 g/mol. The van der Waals surface area contributed by atoms with E-state index in [1.807, 2.05) is 48.0 Å². The fraction of sp³-hybridized carbons (Fsp3) is 0.182. The number of sulfonamides is 1. The van der Waals surface area contributed by atoms with Gasteiger partial charge in [0.1, 0.15) is 5.75 Å². The lowest BCUT2D eigenvalue weighted by atomic mass is 10.0. The number of benzene rings is 3. The Hall–Kier alpha value is -3.59. The van der Waals surface area contributed by atoms with Gasteiger partial charge in [0.2, 0.25) is 5.91 Å². The standard InChI is InChI=1S/C22H23N3O5S/c1-14(16-4-5-18-13-20(30-3)9-6-17(18)12-16)23-22(27)24-19-7-10-21(11-8-19)31(28,29)25-15(2)26/h4-14H,1-3H3,(H,25,26)(H2,23,24,27). The van der Waals surface area contributed by atoms with Crippen LogP contribution in [0.5, 0.6) is 5.75 Å². The molecule has 0 fully saturated rings. The molecule has 8 nitrogen and oxygen atoms in total. The predicted octanol–water partition coefficient (Wildman–Crippen LogP) is 3.56. The molecule has 0 aliphatic heterocycles. The first kappa shape index (κ1) is 22.1. The fourth-order valence-electron chi connectivity index (χ4n) is 3.05. The third-order valence-electron chi connectivity index (χ3n) is 4.62. The fourth-order valence-corrected chi connectivity index (χ4v) is 4.04. The van der Waals surface area contributed by atoms with Crippen molar-refractivity contribution >= 4 is 38.4 Å². The number of amides is 3. The number of urea groups is 1. The lowest BCUT2D eigenvalue weighted by Crippen LogP contribution is -2.31. The Morgan fingerprint density at radius 2 is 1.58 bits per heavy atom. The molecule has 3 amide bonds. The summed E-state index contributed by atoms with van der Waals surface area (Å²) in [5, 5.41) is 7.59. The van der Waals surface area contributed by atoms with Gasteiger partial charge in [0, 0.05) is 12.6 Å². The second-order valence-electron chi connectivity index (χ2n) is 6.98. The van der Waals surface area contributed by atoms with E-state index in [2.05, 4.69) is 10.6 Å². The number of fused-ring (bicyclic) bond motifs is 1. The van der Waals surface area contributed by atoms with Gasteiger partial charge >= 0.3 is 6.03 Å². The quantitative estimate of drug-likeness (QED) is 0.541. The molecule has 3 rings (SSSR count). The van der Waals surface area contributed by atoms with Crippen LogP contribution in [-0.2, 0) is 14.8 Å². The van der Waals surface area contributed by atoms with E-state index in [4.69, 9.17) is 4.74 Å². The van der Waals surface area contributed by atoms with Crippen molar-refractivity contribution in [2.24, 2.45) is 0 Å². The normalized spacial score (nSPS) is 12.1. The van der Waals surface area contributed by atoms with Crippen LogP contribution >= 0.6 is 0 Å². The molecular weight excluding hydrogens is 418 g/mol. The monoisotopic (exact) mass is 441 g/mol. The molecular formula is C22H23N3O5S. The summed E-state index contributed by atoms with van der Waals surface area (Å²) in [6, 6.07) is 16.5. The summed E-state index contributed by atoms with van der Waals surface area (Å²) in [4.78, 5) is 23.3. The number of methoxy groups -OCH3 is 1. The Kier molecular flexibility index (Phi) is 6.45. The smallest absolute Gasteiger partial charge is 0.319 e. The third kappa shape index (κ3) is 5.52. The van der Waals surface area contributed by atoms with Crippen molar-refractivity contribution in [3.05, 3.63) is 66.2 Å². The summed E-state index contributed by atoms with van der Waals surface area (Å²) in [7, 11) is -2.30. The second kappa shape index (κ2) is 9.05. The molecule has 9 heteroatoms. The predicted molar refractivity (Wildman–Crippen MR) is 119 cm³/mol. The summed E-state index contributed by atoms with van der Waals surface area (Å²) in [6.07, 6.45) is 0. The van der Waals surface area contributed by atoms with E-state index < -0.39 is 22.0 Å². The Bertz CT molecular complexity index is 1220. The molecule has 0 heterocycles. The number of ether oxygens (including phenoxy) is 1. The molecule has 0 bridgehead atoms. The van der Waals surface area contributed by atoms with Crippen molar-refractivity contribution in [2.45, 2.75) is 24.8 Å². The summed E-state index contributed by atoms with van der Waals surface area (Å²) in [6.45, 7) is 2.98. The van der Waals surface area contributed by atoms with Crippen LogP contribution in [0.4, 0.5) is 10.5 Å². The maximum Gasteiger partial charge on any atom is 0.319 e. The lowest BCUT2D eigenvalue weighted by molar-refractivity contribution is -0.117. The van der Waals surface area contributed by atoms with Gasteiger partial charge in [-0.05, 0) is 65.7 Å². The number of hydrogen-bond acceptors (Lipinski definition) is 5. The highest BCUT2D eigenvalue weighted by molar-refractivity contribution is 7.90. The molecule has 162 valence electrons. The molecule has 0 radical (unpaired) electrons. The third-order valence-corrected chi connectivity index (χ3v) is 6.07. The molecule has 0 saturated heterocycles. The van der Waals surface area contributed by atoms with Gasteiger partial charge in [-0.15, -0.1) is 0 Å². The van der Waals surface area contributed by atoms with E-state index in [0.717, 1.165) is 29.0 Å². The number of anilines is 1. The molecule has 1 unspecified atom stereocenters. The van der Waals surface area contributed by atoms with Gasteiger partial charge in [-0.2, -0.15) is 0 Å². The van der Waals surface area contributed by atoms with Gasteiger partial charge in [0.05, 0.1) is 18.0 Å². The number of carbonyl (C=O) groups excluding carboxylic acids is 2. The van der Waals surface area contributed by atoms with Crippen molar-refractivity contribution in [3.63, 3.8) is 0 Å². The van der Waals surface area contributed by atoms with E-state index >= 15 is 0 Å². The molecule has 0 saturated carbocycles. The van der Waals surface area contributed by atoms with Gasteiger partial charge in [0.25, 0.3) is 10.0 Å². The average Bonchev–Trinajstić information content (AvgIpc) is 2.72. The topological polar surface area (TPSA) is 114 Å². The lowest BCUT2D eigenvalue weighted by Gasteiger charge is -2.16. The first-order chi connectivity index (χ1) is 14.7. The van der Waals surface area contributed by atoms with Crippen LogP contribution in [0.1, 0.15) is 25.5 Å². The zero-order chi connectivity index (χ0) is 22.6. The van der Waals surface area contributed by atoms with Crippen molar-refractivity contribution < 1.29 is 22.7 Å². The highest BCUT2D eigenvalue weighted by Gasteiger charge is 2.16. The molecule has 0 aliphatic rings. The molecule has 3 N–H and O–H groups in total. The number of nitrogens with one attached hydrogen (secondary N) is 3. The van der Waals surface area contributed by atoms with Crippen molar-refractivity contribution in [1.82, 2.24) is 10.0 Å². The summed E-state index contributed by atoms with van der Waals surface area (Å²) < 4.78 is 31.1. The molecule has 1 atom stereocenters. The van der Waals surface area contributed by atoms with Crippen LogP contribution < -0.4 is 20.1 Å². The van der Waals surface area contributed by atoms with E-state index in [1.165, 1.54) is 24.3 Å². The van der Waals surface area contributed by atoms with Crippen LogP contribution in [0.3, 0.4) is 0 Å². The van der Waals surface area contributed by atoms with Crippen LogP contribution in [0.2, 0.25) is 0 Å².